The molecule has 21 heavy (non-hydrogen) atoms. The number of aromatic nitrogens is 2. The van der Waals surface area contributed by atoms with E-state index < -0.39 is 6.17 Å². The van der Waals surface area contributed by atoms with Gasteiger partial charge in [0.25, 0.3) is 5.91 Å². The first-order chi connectivity index (χ1) is 10.2. The first kappa shape index (κ1) is 14.0. The Hall–Kier alpha value is -1.99. The molecule has 1 amide bonds. The Bertz CT molecular complexity index is 656. The molecule has 3 rings (SSSR count). The normalized spacial score (nSPS) is 21.8. The molecular formula is C14H18FN5O. The van der Waals surface area contributed by atoms with Gasteiger partial charge < -0.3 is 20.8 Å². The second-order valence-electron chi connectivity index (χ2n) is 5.28. The van der Waals surface area contributed by atoms with Crippen molar-refractivity contribution >= 4 is 11.6 Å². The molecule has 0 spiro atoms. The largest absolute Gasteiger partial charge is 0.349 e. The number of alkyl halides is 1. The van der Waals surface area contributed by atoms with Crippen LogP contribution < -0.4 is 16.4 Å². The molecule has 1 aliphatic rings. The third kappa shape index (κ3) is 3.03. The summed E-state index contributed by atoms with van der Waals surface area (Å²) in [6, 6.07) is 3.70. The SMILES string of the molecule is NCc1ccc2nc(C(=O)NC[C@@H]3C[C@H](F)CN3)cn2c1. The molecule has 0 bridgehead atoms. The zero-order chi connectivity index (χ0) is 14.8. The van der Waals surface area contributed by atoms with E-state index in [2.05, 4.69) is 15.6 Å². The van der Waals surface area contributed by atoms with Crippen molar-refractivity contribution in [2.75, 3.05) is 13.1 Å². The molecule has 1 fully saturated rings. The van der Waals surface area contributed by atoms with E-state index in [1.165, 1.54) is 0 Å². The van der Waals surface area contributed by atoms with Crippen molar-refractivity contribution in [3.63, 3.8) is 0 Å². The zero-order valence-corrected chi connectivity index (χ0v) is 11.6. The van der Waals surface area contributed by atoms with Gasteiger partial charge in [-0.25, -0.2) is 9.37 Å². The highest BCUT2D eigenvalue weighted by molar-refractivity contribution is 5.92. The molecule has 1 aliphatic heterocycles. The first-order valence-electron chi connectivity index (χ1n) is 6.99. The number of rotatable bonds is 4. The van der Waals surface area contributed by atoms with Crippen LogP contribution in [-0.2, 0) is 6.54 Å². The quantitative estimate of drug-likeness (QED) is 0.752. The Morgan fingerprint density at radius 3 is 3.10 bits per heavy atom. The smallest absolute Gasteiger partial charge is 0.271 e. The van der Waals surface area contributed by atoms with E-state index >= 15 is 0 Å². The van der Waals surface area contributed by atoms with Gasteiger partial charge in [0.1, 0.15) is 17.5 Å². The van der Waals surface area contributed by atoms with Gasteiger partial charge >= 0.3 is 0 Å². The summed E-state index contributed by atoms with van der Waals surface area (Å²) in [7, 11) is 0. The van der Waals surface area contributed by atoms with Crippen LogP contribution in [0.3, 0.4) is 0 Å². The third-order valence-corrected chi connectivity index (χ3v) is 3.66. The van der Waals surface area contributed by atoms with E-state index in [4.69, 9.17) is 5.73 Å². The summed E-state index contributed by atoms with van der Waals surface area (Å²) in [4.78, 5) is 16.3. The lowest BCUT2D eigenvalue weighted by atomic mass is 10.2. The van der Waals surface area contributed by atoms with Crippen molar-refractivity contribution in [1.82, 2.24) is 20.0 Å². The molecule has 6 nitrogen and oxygen atoms in total. The maximum Gasteiger partial charge on any atom is 0.271 e. The highest BCUT2D eigenvalue weighted by atomic mass is 19.1. The Kier molecular flexibility index (Phi) is 3.85. The Balaban J connectivity index is 1.66. The highest BCUT2D eigenvalue weighted by Gasteiger charge is 2.24. The van der Waals surface area contributed by atoms with Crippen molar-refractivity contribution in [3.05, 3.63) is 35.8 Å². The summed E-state index contributed by atoms with van der Waals surface area (Å²) in [6.07, 6.45) is 3.14. The predicted octanol–water partition coefficient (Wildman–Crippen LogP) is 0.223. The summed E-state index contributed by atoms with van der Waals surface area (Å²) >= 11 is 0. The van der Waals surface area contributed by atoms with Crippen LogP contribution in [0.15, 0.2) is 24.5 Å². The first-order valence-corrected chi connectivity index (χ1v) is 6.99. The van der Waals surface area contributed by atoms with Gasteiger partial charge in [0.05, 0.1) is 0 Å². The second kappa shape index (κ2) is 5.79. The number of pyridine rings is 1. The fourth-order valence-corrected chi connectivity index (χ4v) is 2.50. The summed E-state index contributed by atoms with van der Waals surface area (Å²) in [5.41, 5.74) is 7.59. The van der Waals surface area contributed by atoms with Crippen LogP contribution >= 0.6 is 0 Å². The molecule has 4 N–H and O–H groups in total. The summed E-state index contributed by atoms with van der Waals surface area (Å²) in [5, 5.41) is 5.81. The Morgan fingerprint density at radius 2 is 2.38 bits per heavy atom. The maximum atomic E-state index is 13.0. The molecule has 0 saturated carbocycles. The molecule has 0 radical (unpaired) electrons. The maximum absolute atomic E-state index is 13.0. The van der Waals surface area contributed by atoms with E-state index in [1.807, 2.05) is 18.3 Å². The lowest BCUT2D eigenvalue weighted by Gasteiger charge is -2.09. The standard InChI is InChI=1S/C14H18FN5O/c15-10-3-11(17-5-10)6-18-14(21)12-8-20-7-9(4-16)1-2-13(20)19-12/h1-2,7-8,10-11,17H,3-6,16H2,(H,18,21)/t10-,11-/m0/s1. The number of carbonyl (C=O) groups is 1. The fourth-order valence-electron chi connectivity index (χ4n) is 2.50. The van der Waals surface area contributed by atoms with Gasteiger partial charge in [-0.3, -0.25) is 4.79 Å². The number of nitrogens with zero attached hydrogens (tertiary/aromatic N) is 2. The molecule has 112 valence electrons. The summed E-state index contributed by atoms with van der Waals surface area (Å²) in [6.45, 7) is 1.20. The number of amides is 1. The van der Waals surface area contributed by atoms with Crippen LogP contribution in [0.25, 0.3) is 5.65 Å². The van der Waals surface area contributed by atoms with Gasteiger partial charge in [-0.15, -0.1) is 0 Å². The lowest BCUT2D eigenvalue weighted by Crippen LogP contribution is -2.37. The molecule has 0 aliphatic carbocycles. The minimum absolute atomic E-state index is 0.00942. The minimum atomic E-state index is -0.822. The van der Waals surface area contributed by atoms with Crippen molar-refractivity contribution in [2.45, 2.75) is 25.2 Å². The molecule has 0 unspecified atom stereocenters. The number of nitrogens with two attached hydrogens (primary N) is 1. The number of hydrogen-bond acceptors (Lipinski definition) is 4. The monoisotopic (exact) mass is 291 g/mol. The van der Waals surface area contributed by atoms with E-state index in [9.17, 15) is 9.18 Å². The van der Waals surface area contributed by atoms with E-state index in [1.54, 1.807) is 10.6 Å². The predicted molar refractivity (Wildman–Crippen MR) is 76.7 cm³/mol. The Labute approximate surface area is 121 Å². The molecule has 2 aromatic rings. The van der Waals surface area contributed by atoms with Crippen LogP contribution in [0.2, 0.25) is 0 Å². The molecule has 3 heterocycles. The van der Waals surface area contributed by atoms with Crippen LogP contribution in [0.1, 0.15) is 22.5 Å². The third-order valence-electron chi connectivity index (χ3n) is 3.66. The van der Waals surface area contributed by atoms with Gasteiger partial charge in [-0.2, -0.15) is 0 Å². The minimum Gasteiger partial charge on any atom is -0.349 e. The lowest BCUT2D eigenvalue weighted by molar-refractivity contribution is 0.0945. The zero-order valence-electron chi connectivity index (χ0n) is 11.6. The van der Waals surface area contributed by atoms with E-state index in [-0.39, 0.29) is 11.9 Å². The summed E-state index contributed by atoms with van der Waals surface area (Å²) < 4.78 is 14.8. The van der Waals surface area contributed by atoms with Gasteiger partial charge in [-0.05, 0) is 18.1 Å². The number of carbonyl (C=O) groups excluding carboxylic acids is 1. The molecule has 7 heteroatoms. The molecule has 0 aromatic carbocycles. The average molecular weight is 291 g/mol. The molecule has 2 atom stereocenters. The van der Waals surface area contributed by atoms with Gasteiger partial charge in [0.2, 0.25) is 0 Å². The molecular weight excluding hydrogens is 273 g/mol. The highest BCUT2D eigenvalue weighted by Crippen LogP contribution is 2.10. The fraction of sp³-hybridized carbons (Fsp3) is 0.429. The van der Waals surface area contributed by atoms with Crippen LogP contribution in [0.4, 0.5) is 4.39 Å². The van der Waals surface area contributed by atoms with E-state index in [0.717, 1.165) is 5.56 Å². The number of imidazole rings is 1. The number of halogens is 1. The van der Waals surface area contributed by atoms with E-state index in [0.29, 0.717) is 37.4 Å². The van der Waals surface area contributed by atoms with Crippen LogP contribution in [-0.4, -0.2) is 40.6 Å². The van der Waals surface area contributed by atoms with Crippen molar-refractivity contribution in [2.24, 2.45) is 5.73 Å². The van der Waals surface area contributed by atoms with Gasteiger partial charge in [0.15, 0.2) is 0 Å². The Morgan fingerprint density at radius 1 is 1.52 bits per heavy atom. The number of fused-ring (bicyclic) bond motifs is 1. The average Bonchev–Trinajstić information content (AvgIpc) is 3.09. The molecule has 1 saturated heterocycles. The van der Waals surface area contributed by atoms with Crippen molar-refractivity contribution in [3.8, 4) is 0 Å². The van der Waals surface area contributed by atoms with Gasteiger partial charge in [0, 0.05) is 38.1 Å². The van der Waals surface area contributed by atoms with Crippen LogP contribution in [0.5, 0.6) is 0 Å². The topological polar surface area (TPSA) is 84.4 Å². The number of hydrogen-bond donors (Lipinski definition) is 3. The van der Waals surface area contributed by atoms with Crippen molar-refractivity contribution in [1.29, 1.82) is 0 Å². The molecule has 2 aromatic heterocycles. The number of nitrogens with one attached hydrogen (secondary N) is 2. The summed E-state index contributed by atoms with van der Waals surface area (Å²) in [5.74, 6) is -0.253. The van der Waals surface area contributed by atoms with Gasteiger partial charge in [-0.1, -0.05) is 6.07 Å². The second-order valence-corrected chi connectivity index (χ2v) is 5.28. The van der Waals surface area contributed by atoms with Crippen LogP contribution in [0, 0.1) is 0 Å². The van der Waals surface area contributed by atoms with Crippen molar-refractivity contribution < 1.29 is 9.18 Å².